The number of amides is 1. The van der Waals surface area contributed by atoms with Gasteiger partial charge in [0.05, 0.1) is 0 Å². The van der Waals surface area contributed by atoms with Crippen LogP contribution in [0.15, 0.2) is 18.2 Å². The summed E-state index contributed by atoms with van der Waals surface area (Å²) in [7, 11) is 0. The predicted octanol–water partition coefficient (Wildman–Crippen LogP) is 2.54. The molecule has 1 aliphatic heterocycles. The highest BCUT2D eigenvalue weighted by molar-refractivity contribution is 5.81. The van der Waals surface area contributed by atoms with Crippen LogP contribution in [-0.4, -0.2) is 17.4 Å². The molecule has 2 nitrogen and oxygen atoms in total. The van der Waals surface area contributed by atoms with Gasteiger partial charge in [0.2, 0.25) is 5.91 Å². The number of hydrogen-bond donors (Lipinski definition) is 0. The van der Waals surface area contributed by atoms with Crippen molar-refractivity contribution in [3.05, 3.63) is 34.9 Å². The van der Waals surface area contributed by atoms with Crippen LogP contribution in [0.3, 0.4) is 0 Å². The molecule has 3 rings (SSSR count). The van der Waals surface area contributed by atoms with Crippen molar-refractivity contribution in [1.29, 1.82) is 0 Å². The lowest BCUT2D eigenvalue weighted by atomic mass is 9.97. The summed E-state index contributed by atoms with van der Waals surface area (Å²) in [5.41, 5.74) is 4.08. The van der Waals surface area contributed by atoms with E-state index >= 15 is 0 Å². The molecule has 1 fully saturated rings. The Bertz CT molecular complexity index is 466. The van der Waals surface area contributed by atoms with Crippen LogP contribution in [0.25, 0.3) is 0 Å². The minimum absolute atomic E-state index is 0.321. The zero-order valence-electron chi connectivity index (χ0n) is 10.6. The Morgan fingerprint density at radius 1 is 1.35 bits per heavy atom. The van der Waals surface area contributed by atoms with Crippen LogP contribution in [0.5, 0.6) is 0 Å². The fourth-order valence-electron chi connectivity index (χ4n) is 2.77. The zero-order valence-corrected chi connectivity index (χ0v) is 10.6. The van der Waals surface area contributed by atoms with Crippen LogP contribution < -0.4 is 0 Å². The number of nitrogens with zero attached hydrogens (tertiary/aromatic N) is 1. The Morgan fingerprint density at radius 3 is 2.82 bits per heavy atom. The van der Waals surface area contributed by atoms with Gasteiger partial charge in [0.1, 0.15) is 0 Å². The van der Waals surface area contributed by atoms with Gasteiger partial charge < -0.3 is 4.90 Å². The van der Waals surface area contributed by atoms with E-state index in [0.29, 0.717) is 17.7 Å². The lowest BCUT2D eigenvalue weighted by Crippen LogP contribution is -2.37. The molecule has 2 aliphatic rings. The topological polar surface area (TPSA) is 20.3 Å². The monoisotopic (exact) mass is 229 g/mol. The third-order valence-electron chi connectivity index (χ3n) is 4.11. The van der Waals surface area contributed by atoms with Gasteiger partial charge in [0.25, 0.3) is 0 Å². The van der Waals surface area contributed by atoms with E-state index in [0.717, 1.165) is 25.9 Å². The summed E-state index contributed by atoms with van der Waals surface area (Å²) in [5, 5.41) is 0. The second-order valence-corrected chi connectivity index (χ2v) is 5.60. The molecule has 1 aromatic carbocycles. The summed E-state index contributed by atoms with van der Waals surface area (Å²) < 4.78 is 0. The maximum absolute atomic E-state index is 12.2. The first kappa shape index (κ1) is 10.8. The maximum Gasteiger partial charge on any atom is 0.226 e. The highest BCUT2D eigenvalue weighted by Crippen LogP contribution is 2.40. The molecule has 2 atom stereocenters. The van der Waals surface area contributed by atoms with Gasteiger partial charge in [0.15, 0.2) is 0 Å². The molecule has 0 unspecified atom stereocenters. The standard InChI is InChI=1S/C15H19NO/c1-10-3-4-13-9-16(6-5-12(13)7-10)15(17)14-8-11(14)2/h3-4,7,11,14H,5-6,8-9H2,1-2H3/t11-,14-/m0/s1. The average molecular weight is 229 g/mol. The molecule has 0 radical (unpaired) electrons. The molecule has 1 aromatic rings. The van der Waals surface area contributed by atoms with Gasteiger partial charge >= 0.3 is 0 Å². The summed E-state index contributed by atoms with van der Waals surface area (Å²) >= 11 is 0. The van der Waals surface area contributed by atoms with E-state index in [4.69, 9.17) is 0 Å². The third-order valence-corrected chi connectivity index (χ3v) is 4.11. The number of carbonyl (C=O) groups excluding carboxylic acids is 1. The molecule has 1 amide bonds. The predicted molar refractivity (Wildman–Crippen MR) is 67.6 cm³/mol. The summed E-state index contributed by atoms with van der Waals surface area (Å²) in [5.74, 6) is 1.31. The van der Waals surface area contributed by atoms with Crippen LogP contribution >= 0.6 is 0 Å². The van der Waals surface area contributed by atoms with Crippen LogP contribution in [-0.2, 0) is 17.8 Å². The van der Waals surface area contributed by atoms with Gasteiger partial charge in [-0.2, -0.15) is 0 Å². The molecule has 17 heavy (non-hydrogen) atoms. The van der Waals surface area contributed by atoms with Crippen molar-refractivity contribution >= 4 is 5.91 Å². The van der Waals surface area contributed by atoms with E-state index in [9.17, 15) is 4.79 Å². The van der Waals surface area contributed by atoms with Crippen molar-refractivity contribution < 1.29 is 4.79 Å². The van der Waals surface area contributed by atoms with Crippen molar-refractivity contribution in [3.63, 3.8) is 0 Å². The summed E-state index contributed by atoms with van der Waals surface area (Å²) in [4.78, 5) is 14.2. The van der Waals surface area contributed by atoms with E-state index in [1.54, 1.807) is 0 Å². The average Bonchev–Trinajstić information content (AvgIpc) is 3.05. The highest BCUT2D eigenvalue weighted by Gasteiger charge is 2.41. The van der Waals surface area contributed by atoms with E-state index < -0.39 is 0 Å². The first-order valence-electron chi connectivity index (χ1n) is 6.52. The lowest BCUT2D eigenvalue weighted by molar-refractivity contribution is -0.133. The SMILES string of the molecule is Cc1ccc2c(c1)CCN(C(=O)[C@H]1C[C@@H]1C)C2. The molecule has 1 heterocycles. The Labute approximate surface area is 103 Å². The molecule has 90 valence electrons. The van der Waals surface area contributed by atoms with E-state index in [1.807, 2.05) is 4.90 Å². The Hall–Kier alpha value is -1.31. The van der Waals surface area contributed by atoms with Crippen molar-refractivity contribution in [2.75, 3.05) is 6.54 Å². The quantitative estimate of drug-likeness (QED) is 0.724. The first-order valence-corrected chi connectivity index (χ1v) is 6.52. The van der Waals surface area contributed by atoms with Crippen molar-refractivity contribution in [1.82, 2.24) is 4.90 Å². The third kappa shape index (κ3) is 1.97. The number of benzene rings is 1. The molecular formula is C15H19NO. The van der Waals surface area contributed by atoms with E-state index in [-0.39, 0.29) is 0 Å². The lowest BCUT2D eigenvalue weighted by Gasteiger charge is -2.29. The molecule has 0 N–H and O–H groups in total. The molecule has 1 saturated carbocycles. The smallest absolute Gasteiger partial charge is 0.226 e. The normalized spacial score (nSPS) is 26.6. The molecule has 0 spiro atoms. The Morgan fingerprint density at radius 2 is 2.12 bits per heavy atom. The molecule has 0 aromatic heterocycles. The number of fused-ring (bicyclic) bond motifs is 1. The fraction of sp³-hybridized carbons (Fsp3) is 0.533. The highest BCUT2D eigenvalue weighted by atomic mass is 16.2. The van der Waals surface area contributed by atoms with E-state index in [2.05, 4.69) is 32.0 Å². The van der Waals surface area contributed by atoms with E-state index in [1.165, 1.54) is 16.7 Å². The minimum Gasteiger partial charge on any atom is -0.338 e. The van der Waals surface area contributed by atoms with Crippen LogP contribution in [0.2, 0.25) is 0 Å². The van der Waals surface area contributed by atoms with Crippen LogP contribution in [0, 0.1) is 18.8 Å². The molecule has 2 heteroatoms. The molecule has 0 bridgehead atoms. The zero-order chi connectivity index (χ0) is 12.0. The number of carbonyl (C=O) groups is 1. The van der Waals surface area contributed by atoms with Crippen molar-refractivity contribution in [2.24, 2.45) is 11.8 Å². The molecular weight excluding hydrogens is 210 g/mol. The number of rotatable bonds is 1. The second kappa shape index (κ2) is 3.86. The summed E-state index contributed by atoms with van der Waals surface area (Å²) in [6.07, 6.45) is 2.11. The Balaban J connectivity index is 1.76. The van der Waals surface area contributed by atoms with Gasteiger partial charge in [-0.1, -0.05) is 30.7 Å². The van der Waals surface area contributed by atoms with Gasteiger partial charge in [0, 0.05) is 19.0 Å². The number of aryl methyl sites for hydroxylation is 1. The molecule has 1 aliphatic carbocycles. The van der Waals surface area contributed by atoms with Crippen molar-refractivity contribution in [3.8, 4) is 0 Å². The van der Waals surface area contributed by atoms with Crippen molar-refractivity contribution in [2.45, 2.75) is 33.2 Å². The van der Waals surface area contributed by atoms with Gasteiger partial charge in [-0.25, -0.2) is 0 Å². The van der Waals surface area contributed by atoms with Crippen LogP contribution in [0.4, 0.5) is 0 Å². The van der Waals surface area contributed by atoms with Gasteiger partial charge in [-0.15, -0.1) is 0 Å². The minimum atomic E-state index is 0.321. The van der Waals surface area contributed by atoms with Gasteiger partial charge in [-0.05, 0) is 36.8 Å². The largest absolute Gasteiger partial charge is 0.338 e. The first-order chi connectivity index (χ1) is 8.15. The summed E-state index contributed by atoms with van der Waals surface area (Å²) in [6, 6.07) is 6.59. The van der Waals surface area contributed by atoms with Gasteiger partial charge in [-0.3, -0.25) is 4.79 Å². The Kier molecular flexibility index (Phi) is 2.46. The maximum atomic E-state index is 12.2. The van der Waals surface area contributed by atoms with Crippen LogP contribution in [0.1, 0.15) is 30.0 Å². The second-order valence-electron chi connectivity index (χ2n) is 5.60. The molecule has 0 saturated heterocycles. The fourth-order valence-corrected chi connectivity index (χ4v) is 2.77. The summed E-state index contributed by atoms with van der Waals surface area (Å²) in [6.45, 7) is 6.02. The number of hydrogen-bond acceptors (Lipinski definition) is 1.